The monoisotopic (exact) mass is 324 g/mol. The summed E-state index contributed by atoms with van der Waals surface area (Å²) in [6.07, 6.45) is -2.12. The van der Waals surface area contributed by atoms with Gasteiger partial charge in [-0.15, -0.1) is 0 Å². The lowest BCUT2D eigenvalue weighted by molar-refractivity contribution is -0.0554. The Hall–Kier alpha value is -2.27. The van der Waals surface area contributed by atoms with Crippen molar-refractivity contribution in [2.24, 2.45) is 0 Å². The first-order chi connectivity index (χ1) is 11.1. The minimum atomic E-state index is -1.37. The van der Waals surface area contributed by atoms with Crippen LogP contribution in [0.5, 0.6) is 0 Å². The summed E-state index contributed by atoms with van der Waals surface area (Å²) in [6, 6.07) is 3.49. The molecule has 4 N–H and O–H groups in total. The third-order valence-electron chi connectivity index (χ3n) is 3.52. The summed E-state index contributed by atoms with van der Waals surface area (Å²) in [4.78, 5) is 19.7. The van der Waals surface area contributed by atoms with Crippen molar-refractivity contribution < 1.29 is 24.5 Å². The topological polar surface area (TPSA) is 143 Å². The van der Waals surface area contributed by atoms with Crippen LogP contribution in [0.25, 0.3) is 0 Å². The molecule has 10 nitrogen and oxygen atoms in total. The van der Waals surface area contributed by atoms with E-state index >= 15 is 0 Å². The number of aromatic nitrogens is 3. The highest BCUT2D eigenvalue weighted by Gasteiger charge is 2.43. The number of nitrogens with zero attached hydrogens (tertiary/aromatic N) is 3. The van der Waals surface area contributed by atoms with Crippen LogP contribution in [0, 0.1) is 0 Å². The van der Waals surface area contributed by atoms with Crippen LogP contribution >= 0.6 is 0 Å². The number of furan rings is 1. The fourth-order valence-corrected chi connectivity index (χ4v) is 2.29. The second-order valence-electron chi connectivity index (χ2n) is 5.03. The Morgan fingerprint density at radius 3 is 2.78 bits per heavy atom. The summed E-state index contributed by atoms with van der Waals surface area (Å²) in [5, 5.41) is 31.5. The summed E-state index contributed by atoms with van der Waals surface area (Å²) in [7, 11) is 0. The van der Waals surface area contributed by atoms with Crippen LogP contribution in [0.3, 0.4) is 0 Å². The standard InChI is InChI=1S/C13H16N4O6/c18-5-8-9(19)10(20)11(23-8)17-6-15-12(16-13(17)21)14-4-7-2-1-3-22-7/h1-3,6,8-11,18-20H,4-5H2,(H,14,16,21)/t8-,9-,10-,11-/m1/s1. The lowest BCUT2D eigenvalue weighted by Crippen LogP contribution is -2.36. The van der Waals surface area contributed by atoms with E-state index in [1.165, 1.54) is 6.26 Å². The number of nitrogens with one attached hydrogen (secondary N) is 1. The van der Waals surface area contributed by atoms with Crippen LogP contribution in [0.1, 0.15) is 12.0 Å². The first kappa shape index (κ1) is 15.6. The van der Waals surface area contributed by atoms with Crippen LogP contribution in [-0.2, 0) is 11.3 Å². The van der Waals surface area contributed by atoms with E-state index in [-0.39, 0.29) is 5.95 Å². The number of aliphatic hydroxyl groups is 3. The summed E-state index contributed by atoms with van der Waals surface area (Å²) in [5.74, 6) is 0.746. The van der Waals surface area contributed by atoms with Crippen molar-refractivity contribution in [1.29, 1.82) is 0 Å². The molecule has 2 aromatic heterocycles. The largest absolute Gasteiger partial charge is 0.467 e. The van der Waals surface area contributed by atoms with E-state index in [1.807, 2.05) is 0 Å². The van der Waals surface area contributed by atoms with Crippen LogP contribution < -0.4 is 11.0 Å². The highest BCUT2D eigenvalue weighted by molar-refractivity contribution is 5.22. The number of aliphatic hydroxyl groups excluding tert-OH is 3. The summed E-state index contributed by atoms with van der Waals surface area (Å²) < 4.78 is 11.4. The zero-order valence-corrected chi connectivity index (χ0v) is 11.9. The Labute approximate surface area is 130 Å². The molecule has 0 bridgehead atoms. The number of hydrogen-bond acceptors (Lipinski definition) is 9. The van der Waals surface area contributed by atoms with Gasteiger partial charge in [-0.2, -0.15) is 4.98 Å². The van der Waals surface area contributed by atoms with E-state index in [9.17, 15) is 15.0 Å². The minimum Gasteiger partial charge on any atom is -0.467 e. The molecule has 0 saturated carbocycles. The second kappa shape index (κ2) is 6.46. The van der Waals surface area contributed by atoms with Crippen molar-refractivity contribution in [3.05, 3.63) is 41.0 Å². The maximum atomic E-state index is 12.0. The molecule has 0 aromatic carbocycles. The highest BCUT2D eigenvalue weighted by atomic mass is 16.6. The molecule has 124 valence electrons. The van der Waals surface area contributed by atoms with Crippen molar-refractivity contribution in [2.75, 3.05) is 11.9 Å². The molecule has 1 aliphatic rings. The van der Waals surface area contributed by atoms with E-state index in [4.69, 9.17) is 14.3 Å². The number of ether oxygens (including phenoxy) is 1. The van der Waals surface area contributed by atoms with Gasteiger partial charge >= 0.3 is 5.69 Å². The van der Waals surface area contributed by atoms with Crippen molar-refractivity contribution in [2.45, 2.75) is 31.1 Å². The Kier molecular flexibility index (Phi) is 4.39. The molecule has 0 amide bonds. The highest BCUT2D eigenvalue weighted by Crippen LogP contribution is 2.27. The van der Waals surface area contributed by atoms with Crippen LogP contribution in [0.15, 0.2) is 33.9 Å². The van der Waals surface area contributed by atoms with Gasteiger partial charge in [-0.3, -0.25) is 4.57 Å². The molecular weight excluding hydrogens is 308 g/mol. The Morgan fingerprint density at radius 1 is 1.35 bits per heavy atom. The predicted octanol–water partition coefficient (Wildman–Crippen LogP) is -1.55. The number of rotatable bonds is 5. The second-order valence-corrected chi connectivity index (χ2v) is 5.03. The number of anilines is 1. The SMILES string of the molecule is O=c1nc(NCc2ccco2)ncn1[C@@H]1O[C@H](CO)[C@@H](O)[C@H]1O. The third kappa shape index (κ3) is 3.10. The Balaban J connectivity index is 1.73. The van der Waals surface area contributed by atoms with Gasteiger partial charge in [0.05, 0.1) is 19.4 Å². The van der Waals surface area contributed by atoms with Gasteiger partial charge in [-0.25, -0.2) is 9.78 Å². The Bertz CT molecular complexity index is 703. The fraction of sp³-hybridized carbons (Fsp3) is 0.462. The predicted molar refractivity (Wildman–Crippen MR) is 75.3 cm³/mol. The van der Waals surface area contributed by atoms with E-state index in [0.29, 0.717) is 12.3 Å². The van der Waals surface area contributed by atoms with Gasteiger partial charge in [0.25, 0.3) is 0 Å². The first-order valence-corrected chi connectivity index (χ1v) is 6.94. The molecule has 1 fully saturated rings. The smallest absolute Gasteiger partial charge is 0.354 e. The van der Waals surface area contributed by atoms with E-state index in [0.717, 1.165) is 10.9 Å². The van der Waals surface area contributed by atoms with Gasteiger partial charge in [-0.05, 0) is 12.1 Å². The molecule has 0 aliphatic carbocycles. The van der Waals surface area contributed by atoms with Crippen molar-refractivity contribution >= 4 is 5.95 Å². The van der Waals surface area contributed by atoms with Crippen molar-refractivity contribution in [3.63, 3.8) is 0 Å². The quantitative estimate of drug-likeness (QED) is 0.514. The summed E-state index contributed by atoms with van der Waals surface area (Å²) >= 11 is 0. The zero-order chi connectivity index (χ0) is 16.4. The van der Waals surface area contributed by atoms with Crippen LogP contribution in [0.4, 0.5) is 5.95 Å². The van der Waals surface area contributed by atoms with Crippen molar-refractivity contribution in [3.8, 4) is 0 Å². The summed E-state index contributed by atoms with van der Waals surface area (Å²) in [6.45, 7) is -0.169. The van der Waals surface area contributed by atoms with Gasteiger partial charge in [-0.1, -0.05) is 0 Å². The summed E-state index contributed by atoms with van der Waals surface area (Å²) in [5.41, 5.74) is -0.711. The van der Waals surface area contributed by atoms with E-state index < -0.39 is 36.8 Å². The fourth-order valence-electron chi connectivity index (χ4n) is 2.29. The molecule has 1 saturated heterocycles. The lowest BCUT2D eigenvalue weighted by Gasteiger charge is -2.16. The normalized spacial score (nSPS) is 27.3. The van der Waals surface area contributed by atoms with Gasteiger partial charge < -0.3 is 29.8 Å². The molecule has 3 heterocycles. The van der Waals surface area contributed by atoms with Crippen LogP contribution in [-0.4, -0.2) is 54.8 Å². The average Bonchev–Trinajstić information content (AvgIpc) is 3.16. The molecule has 0 spiro atoms. The molecular formula is C13H16N4O6. The Morgan fingerprint density at radius 2 is 2.17 bits per heavy atom. The van der Waals surface area contributed by atoms with Crippen LogP contribution in [0.2, 0.25) is 0 Å². The van der Waals surface area contributed by atoms with E-state index in [2.05, 4.69) is 15.3 Å². The zero-order valence-electron chi connectivity index (χ0n) is 11.9. The minimum absolute atomic E-state index is 0.0920. The molecule has 23 heavy (non-hydrogen) atoms. The van der Waals surface area contributed by atoms with Gasteiger partial charge in [0, 0.05) is 0 Å². The maximum Gasteiger partial charge on any atom is 0.354 e. The molecule has 4 atom stereocenters. The molecule has 1 aliphatic heterocycles. The van der Waals surface area contributed by atoms with Gasteiger partial charge in [0.2, 0.25) is 5.95 Å². The molecule has 0 unspecified atom stereocenters. The average molecular weight is 324 g/mol. The molecule has 3 rings (SSSR count). The van der Waals surface area contributed by atoms with Crippen molar-refractivity contribution in [1.82, 2.24) is 14.5 Å². The first-order valence-electron chi connectivity index (χ1n) is 6.94. The molecule has 10 heteroatoms. The maximum absolute atomic E-state index is 12.0. The lowest BCUT2D eigenvalue weighted by atomic mass is 10.1. The van der Waals surface area contributed by atoms with Gasteiger partial charge in [0.15, 0.2) is 6.23 Å². The van der Waals surface area contributed by atoms with Gasteiger partial charge in [0.1, 0.15) is 30.4 Å². The third-order valence-corrected chi connectivity index (χ3v) is 3.52. The van der Waals surface area contributed by atoms with E-state index in [1.54, 1.807) is 12.1 Å². The molecule has 2 aromatic rings. The molecule has 0 radical (unpaired) electrons. The number of hydrogen-bond donors (Lipinski definition) is 4.